The zero-order chi connectivity index (χ0) is 58.5. The monoisotopic (exact) mass is 1100 g/mol. The molecule has 0 spiro atoms. The average molecular weight is 1100 g/mol. The molecular formula is C49H56N22O8. The standard InChI is InChI=1S/C7H7NO.7C6H7N3O/c1-6(9)7-2-4-8-5-3-7;7*7-9-6(10)5-1-3-8-4-2-5/h2-5H,1H3;7*1-4H,7H2,(H,9,10)/i6+1,9+1;6+1,7+1,9+1,10+2;7+1,9+1,10+2;7+1,9+1,10+1;6+1,10+2;6+1,10+1;10+2;10+1. The van der Waals surface area contributed by atoms with Crippen molar-refractivity contribution >= 4 is 47.1 Å². The lowest BCUT2D eigenvalue weighted by Crippen LogP contribution is -2.29. The molecule has 0 saturated heterocycles. The zero-order valence-electron chi connectivity index (χ0n) is 41.9. The third kappa shape index (κ3) is 28.8. The van der Waals surface area contributed by atoms with Crippen LogP contribution in [0.5, 0.6) is 0 Å². The minimum absolute atomic E-state index is 0.0809. The highest BCUT2D eigenvalue weighted by atomic mass is 18.1. The highest BCUT2D eigenvalue weighted by Gasteiger charge is 2.04. The van der Waals surface area contributed by atoms with E-state index in [0.717, 1.165) is 0 Å². The molecule has 8 rings (SSSR count). The minimum Gasteiger partial charge on any atom is -0.295 e. The first-order valence-corrected chi connectivity index (χ1v) is 22.0. The summed E-state index contributed by atoms with van der Waals surface area (Å²) in [5, 5.41) is 0. The smallest absolute Gasteiger partial charge is 0.265 e. The van der Waals surface area contributed by atoms with Gasteiger partial charge in [0, 0.05) is 144 Å². The first-order valence-electron chi connectivity index (χ1n) is 22.0. The van der Waals surface area contributed by atoms with Crippen LogP contribution in [0, 0.1) is 0 Å². The summed E-state index contributed by atoms with van der Waals surface area (Å²) in [6.07, 6.45) is 24.7. The van der Waals surface area contributed by atoms with Crippen molar-refractivity contribution in [3.8, 4) is 0 Å². The number of rotatable bonds is 8. The van der Waals surface area contributed by atoms with E-state index in [1.165, 1.54) is 93.7 Å². The second-order valence-corrected chi connectivity index (χ2v) is 13.8. The third-order valence-corrected chi connectivity index (χ3v) is 8.60. The molecule has 0 aliphatic carbocycles. The number of ketones is 1. The van der Waals surface area contributed by atoms with Crippen LogP contribution in [-0.4, -0.2) is 87.0 Å². The van der Waals surface area contributed by atoms with Gasteiger partial charge in [0.25, 0.3) is 41.4 Å². The van der Waals surface area contributed by atoms with Crippen molar-refractivity contribution in [2.45, 2.75) is 6.92 Å². The summed E-state index contributed by atoms with van der Waals surface area (Å²) in [4.78, 5) is 116. The molecule has 0 atom stereocenters. The average Bonchev–Trinajstić information content (AvgIpc) is 3.54. The lowest BCUT2D eigenvalue weighted by atomic mass is 10.3. The first kappa shape index (κ1) is 65.9. The molecular weight excluding hydrogens is 1050 g/mol. The van der Waals surface area contributed by atoms with Gasteiger partial charge in [-0.2, -0.15) is 0 Å². The molecule has 30 heteroatoms. The van der Waals surface area contributed by atoms with E-state index in [-0.39, 0.29) is 47.1 Å². The summed E-state index contributed by atoms with van der Waals surface area (Å²) in [5.41, 5.74) is 18.4. The first-order chi connectivity index (χ1) is 38.2. The Labute approximate surface area is 450 Å². The van der Waals surface area contributed by atoms with Crippen molar-refractivity contribution in [2.24, 2.45) is 40.9 Å². The van der Waals surface area contributed by atoms with Crippen molar-refractivity contribution in [2.75, 3.05) is 0 Å². The van der Waals surface area contributed by atoms with Crippen LogP contribution in [0.2, 0.25) is 0 Å². The molecule has 0 bridgehead atoms. The van der Waals surface area contributed by atoms with E-state index in [2.05, 4.69) is 39.9 Å². The normalized spacial score (nSPS) is 8.91. The highest BCUT2D eigenvalue weighted by molar-refractivity contribution is 5.96. The van der Waals surface area contributed by atoms with Gasteiger partial charge in [0.15, 0.2) is 5.78 Å². The number of hydrogen-bond donors (Lipinski definition) is 14. The van der Waals surface area contributed by atoms with Crippen LogP contribution in [0.15, 0.2) is 196 Å². The Morgan fingerprint density at radius 1 is 0.266 bits per heavy atom. The fourth-order valence-corrected chi connectivity index (χ4v) is 4.69. The fourth-order valence-electron chi connectivity index (χ4n) is 4.69. The van der Waals surface area contributed by atoms with E-state index in [4.69, 9.17) is 40.9 Å². The van der Waals surface area contributed by atoms with E-state index in [9.17, 15) is 38.4 Å². The fraction of sp³-hybridized carbons (Fsp3) is 0.0204. The van der Waals surface area contributed by atoms with Crippen molar-refractivity contribution in [1.82, 2.24) is 77.9 Å². The molecule has 8 heterocycles. The van der Waals surface area contributed by atoms with Gasteiger partial charge in [0.05, 0.1) is 0 Å². The molecule has 0 aromatic carbocycles. The second-order valence-electron chi connectivity index (χ2n) is 13.8. The summed E-state index contributed by atoms with van der Waals surface area (Å²) in [7, 11) is 0. The number of carbonyl (C=O) groups is 8. The second kappa shape index (κ2) is 41.3. The van der Waals surface area contributed by atoms with Crippen LogP contribution in [0.25, 0.3) is 0 Å². The Morgan fingerprint density at radius 2 is 0.405 bits per heavy atom. The van der Waals surface area contributed by atoms with Crippen LogP contribution in [-0.2, 0) is 0 Å². The summed E-state index contributed by atoms with van der Waals surface area (Å²) < 4.78 is 0. The zero-order valence-corrected chi connectivity index (χ0v) is 41.9. The lowest BCUT2D eigenvalue weighted by molar-refractivity contribution is 0.0945. The maximum absolute atomic E-state index is 10.7. The van der Waals surface area contributed by atoms with Gasteiger partial charge in [0.1, 0.15) is 0 Å². The highest BCUT2D eigenvalue weighted by Crippen LogP contribution is 1.99. The lowest BCUT2D eigenvalue weighted by Gasteiger charge is -1.95. The largest absolute Gasteiger partial charge is 0.295 e. The van der Waals surface area contributed by atoms with E-state index in [1.807, 2.05) is 38.0 Å². The molecule has 21 N–H and O–H groups in total. The van der Waals surface area contributed by atoms with Crippen LogP contribution >= 0.6 is 0 Å². The van der Waals surface area contributed by atoms with Gasteiger partial charge < -0.3 is 0 Å². The molecule has 410 valence electrons. The molecule has 8 aromatic heterocycles. The molecule has 8 aromatic rings. The van der Waals surface area contributed by atoms with E-state index >= 15 is 0 Å². The SMILES string of the molecule is C[13C](=[17O])c1ccncc1.NNC(=[17O])c1ccncc1.NNC(=[18O])c1ccncc1.NN[13C](=[17O])c1ccncc1.NN[13C](=[18O])c1ccncc1.[15NH2][15NH]C(=[17O])c1ccncc1.[15NH2][15NH]C(=[18O])c1ccncc1.[15NH2][15NH][13C](=[18O])c1ccncc1. The summed E-state index contributed by atoms with van der Waals surface area (Å²) in [6, 6.07) is 25.6. The van der Waals surface area contributed by atoms with E-state index in [1.54, 1.807) is 109 Å². The van der Waals surface area contributed by atoms with Crippen LogP contribution in [0.3, 0.4) is 0 Å². The molecule has 0 aliphatic rings. The predicted octanol–water partition coefficient (Wildman–Crippen LogP) is -0.920. The van der Waals surface area contributed by atoms with Gasteiger partial charge in [0.2, 0.25) is 0 Å². The van der Waals surface area contributed by atoms with Gasteiger partial charge in [-0.25, -0.2) is 40.9 Å². The van der Waals surface area contributed by atoms with Gasteiger partial charge in [-0.15, -0.1) is 0 Å². The molecule has 0 fully saturated rings. The van der Waals surface area contributed by atoms with Crippen LogP contribution in [0.1, 0.15) is 89.8 Å². The van der Waals surface area contributed by atoms with Crippen molar-refractivity contribution in [3.63, 3.8) is 0 Å². The number of nitrogen functional groups attached to an aromatic ring is 7. The number of hydrogen-bond acceptors (Lipinski definition) is 23. The summed E-state index contributed by atoms with van der Waals surface area (Å²) >= 11 is 0. The Hall–Kier alpha value is -11.1. The number of nitrogens with one attached hydrogen (secondary N) is 7. The number of hydrazine groups is 7. The molecule has 79 heavy (non-hydrogen) atoms. The number of Topliss-reactive ketones (excluding diaryl/α,β-unsaturated/α-hetero) is 1. The molecule has 0 aliphatic heterocycles. The van der Waals surface area contributed by atoms with E-state index in [0.29, 0.717) is 44.5 Å². The minimum atomic E-state index is -0.303. The maximum Gasteiger partial charge on any atom is 0.265 e. The summed E-state index contributed by atoms with van der Waals surface area (Å²) in [5.74, 6) is 32.1. The third-order valence-electron chi connectivity index (χ3n) is 8.60. The van der Waals surface area contributed by atoms with Gasteiger partial charge >= 0.3 is 0 Å². The molecule has 30 nitrogen and oxygen atoms in total. The van der Waals surface area contributed by atoms with Crippen LogP contribution < -0.4 is 78.9 Å². The Kier molecular flexibility index (Phi) is 34.4. The maximum atomic E-state index is 10.7. The van der Waals surface area contributed by atoms with Crippen LogP contribution in [0.4, 0.5) is 0 Å². The Bertz CT molecular complexity index is 2480. The van der Waals surface area contributed by atoms with Gasteiger partial charge in [-0.1, -0.05) is 0 Å². The molecule has 7 amide bonds. The molecule has 0 unspecified atom stereocenters. The molecule has 0 saturated carbocycles. The van der Waals surface area contributed by atoms with Gasteiger partial charge in [-0.05, 0) is 104 Å². The number of pyridine rings is 8. The van der Waals surface area contributed by atoms with Crippen molar-refractivity contribution < 1.29 is 38.4 Å². The Morgan fingerprint density at radius 3 is 0.519 bits per heavy atom. The molecule has 0 radical (unpaired) electrons. The number of carbonyl (C=O) groups excluding carboxylic acids is 8. The number of aromatic nitrogens is 8. The number of amides is 7. The Balaban J connectivity index is 0.000000452. The van der Waals surface area contributed by atoms with Crippen molar-refractivity contribution in [1.29, 1.82) is 0 Å². The van der Waals surface area contributed by atoms with Gasteiger partial charge in [-0.3, -0.25) is 116 Å². The number of nitrogens with zero attached hydrogens (tertiary/aromatic N) is 8. The summed E-state index contributed by atoms with van der Waals surface area (Å²) in [6.45, 7) is 1.54. The van der Waals surface area contributed by atoms with Crippen molar-refractivity contribution in [3.05, 3.63) is 241 Å². The topological polar surface area (TPSA) is 506 Å². The predicted molar refractivity (Wildman–Crippen MR) is 285 cm³/mol. The van der Waals surface area contributed by atoms with E-state index < -0.39 is 0 Å². The quantitative estimate of drug-likeness (QED) is 0.0166. The number of nitrogens with two attached hydrogens (primary N) is 7.